The van der Waals surface area contributed by atoms with E-state index in [1.54, 1.807) is 30.3 Å². The normalized spacial score (nSPS) is 10.6. The number of carbonyl (C=O) groups excluding carboxylic acids is 1. The van der Waals surface area contributed by atoms with Crippen molar-refractivity contribution in [2.24, 2.45) is 0 Å². The van der Waals surface area contributed by atoms with Crippen molar-refractivity contribution < 1.29 is 13.9 Å². The van der Waals surface area contributed by atoms with Crippen LogP contribution < -0.4 is 4.74 Å². The van der Waals surface area contributed by atoms with Crippen LogP contribution in [-0.2, 0) is 11.4 Å². The van der Waals surface area contributed by atoms with Crippen molar-refractivity contribution in [2.45, 2.75) is 25.3 Å². The molecule has 0 amide bonds. The molecule has 0 unspecified atom stereocenters. The van der Waals surface area contributed by atoms with E-state index < -0.39 is 0 Å². The minimum absolute atomic E-state index is 0.144. The number of halogens is 1. The van der Waals surface area contributed by atoms with E-state index in [0.717, 1.165) is 44.5 Å². The van der Waals surface area contributed by atoms with E-state index in [2.05, 4.69) is 26.0 Å². The van der Waals surface area contributed by atoms with E-state index in [0.29, 0.717) is 11.3 Å². The molecule has 0 spiro atoms. The fourth-order valence-corrected chi connectivity index (χ4v) is 3.35. The lowest BCUT2D eigenvalue weighted by Gasteiger charge is -2.13. The maximum absolute atomic E-state index is 14.2. The molecule has 0 fully saturated rings. The summed E-state index contributed by atoms with van der Waals surface area (Å²) in [4.78, 5) is 11.3. The Kier molecular flexibility index (Phi) is 5.74. The van der Waals surface area contributed by atoms with E-state index in [4.69, 9.17) is 4.74 Å². The van der Waals surface area contributed by atoms with Crippen molar-refractivity contribution in [3.05, 3.63) is 83.2 Å². The number of benzene rings is 3. The second kappa shape index (κ2) is 8.19. The molecule has 132 valence electrons. The van der Waals surface area contributed by atoms with Crippen LogP contribution in [0.4, 0.5) is 4.39 Å². The van der Waals surface area contributed by atoms with E-state index in [1.165, 1.54) is 6.07 Å². The third-order valence-electron chi connectivity index (χ3n) is 4.22. The lowest BCUT2D eigenvalue weighted by atomic mass is 9.94. The van der Waals surface area contributed by atoms with Gasteiger partial charge in [-0.05, 0) is 72.5 Å². The molecule has 4 heteroatoms. The summed E-state index contributed by atoms with van der Waals surface area (Å²) in [6, 6.07) is 18.4. The molecule has 0 aliphatic rings. The Labute approximate surface area is 157 Å². The summed E-state index contributed by atoms with van der Waals surface area (Å²) in [5.74, 6) is 0.352. The Balaban J connectivity index is 1.81. The molecule has 3 aromatic rings. The van der Waals surface area contributed by atoms with Gasteiger partial charge in [0.15, 0.2) is 5.62 Å². The number of rotatable bonds is 6. The Morgan fingerprint density at radius 3 is 2.35 bits per heavy atom. The first kappa shape index (κ1) is 18.2. The molecule has 0 aromatic heterocycles. The third kappa shape index (κ3) is 4.14. The molecule has 26 heavy (non-hydrogen) atoms. The van der Waals surface area contributed by atoms with Crippen LogP contribution in [0.25, 0.3) is 11.1 Å². The lowest BCUT2D eigenvalue weighted by molar-refractivity contribution is 0.299. The molecule has 0 aliphatic carbocycles. The molecular weight excluding hydrogens is 347 g/mol. The van der Waals surface area contributed by atoms with Gasteiger partial charge >= 0.3 is 0 Å². The van der Waals surface area contributed by atoms with E-state index in [1.807, 2.05) is 12.1 Å². The van der Waals surface area contributed by atoms with Gasteiger partial charge in [-0.2, -0.15) is 0 Å². The fraction of sp³-hybridized carbons (Fsp3) is 0.136. The Morgan fingerprint density at radius 1 is 1.00 bits per heavy atom. The summed E-state index contributed by atoms with van der Waals surface area (Å²) in [6.45, 7) is 4.26. The van der Waals surface area contributed by atoms with Crippen LogP contribution in [0.15, 0.2) is 65.6 Å². The lowest BCUT2D eigenvalue weighted by Crippen LogP contribution is -2.00. The van der Waals surface area contributed by atoms with Crippen molar-refractivity contribution >= 4 is 17.4 Å². The Morgan fingerprint density at radius 2 is 1.69 bits per heavy atom. The molecule has 0 atom stereocenters. The van der Waals surface area contributed by atoms with Crippen LogP contribution in [0.3, 0.4) is 0 Å². The summed E-state index contributed by atoms with van der Waals surface area (Å²) >= 11 is 1.11. The van der Waals surface area contributed by atoms with Crippen molar-refractivity contribution in [3.63, 3.8) is 0 Å². The molecule has 0 aliphatic heterocycles. The standard InChI is InChI=1S/C22H19FO2S/c1-15-4-3-5-16(2)22(15)17-6-11-21(23)18(12-17)13-25-19-7-9-20(10-8-19)26-14-24/h3-12,14H,13H2,1-2H3. The van der Waals surface area contributed by atoms with Crippen LogP contribution in [0, 0.1) is 19.7 Å². The van der Waals surface area contributed by atoms with Crippen LogP contribution in [0.2, 0.25) is 0 Å². The van der Waals surface area contributed by atoms with Gasteiger partial charge < -0.3 is 4.74 Å². The quantitative estimate of drug-likeness (QED) is 0.397. The maximum Gasteiger partial charge on any atom is 0.180 e. The van der Waals surface area contributed by atoms with Gasteiger partial charge in [-0.1, -0.05) is 36.0 Å². The molecule has 2 nitrogen and oxygen atoms in total. The summed E-state index contributed by atoms with van der Waals surface area (Å²) in [5, 5.41) is 0. The number of thioether (sulfide) groups is 1. The molecular formula is C22H19FO2S. The number of hydrogen-bond acceptors (Lipinski definition) is 3. The van der Waals surface area contributed by atoms with Crippen LogP contribution in [0.5, 0.6) is 5.75 Å². The highest BCUT2D eigenvalue weighted by molar-refractivity contribution is 8.11. The minimum atomic E-state index is -0.284. The molecule has 0 saturated heterocycles. The van der Waals surface area contributed by atoms with Gasteiger partial charge in [0, 0.05) is 10.5 Å². The van der Waals surface area contributed by atoms with E-state index >= 15 is 0 Å². The zero-order valence-electron chi connectivity index (χ0n) is 14.7. The Bertz CT molecular complexity index is 900. The minimum Gasteiger partial charge on any atom is -0.489 e. The SMILES string of the molecule is Cc1cccc(C)c1-c1ccc(F)c(COc2ccc(SC=O)cc2)c1. The topological polar surface area (TPSA) is 26.3 Å². The van der Waals surface area contributed by atoms with E-state index in [9.17, 15) is 9.18 Å². The molecule has 0 bridgehead atoms. The molecule has 3 rings (SSSR count). The highest BCUT2D eigenvalue weighted by Gasteiger charge is 2.10. The van der Waals surface area contributed by atoms with Crippen LogP contribution in [0.1, 0.15) is 16.7 Å². The molecule has 3 aromatic carbocycles. The highest BCUT2D eigenvalue weighted by atomic mass is 32.2. The molecule has 0 N–H and O–H groups in total. The Hall–Kier alpha value is -2.59. The van der Waals surface area contributed by atoms with E-state index in [-0.39, 0.29) is 12.4 Å². The maximum atomic E-state index is 14.2. The number of aryl methyl sites for hydroxylation is 2. The largest absolute Gasteiger partial charge is 0.489 e. The highest BCUT2D eigenvalue weighted by Crippen LogP contribution is 2.29. The van der Waals surface area contributed by atoms with Crippen molar-refractivity contribution in [2.75, 3.05) is 0 Å². The first-order valence-electron chi connectivity index (χ1n) is 8.26. The zero-order chi connectivity index (χ0) is 18.5. The molecule has 0 radical (unpaired) electrons. The predicted octanol–water partition coefficient (Wildman–Crippen LogP) is 5.97. The second-order valence-electron chi connectivity index (χ2n) is 6.05. The van der Waals surface area contributed by atoms with Crippen LogP contribution >= 0.6 is 11.8 Å². The first-order valence-corrected chi connectivity index (χ1v) is 9.14. The van der Waals surface area contributed by atoms with Crippen molar-refractivity contribution in [1.29, 1.82) is 0 Å². The summed E-state index contributed by atoms with van der Waals surface area (Å²) in [6.07, 6.45) is 0. The van der Waals surface area contributed by atoms with Gasteiger partial charge in [0.1, 0.15) is 18.2 Å². The smallest absolute Gasteiger partial charge is 0.180 e. The fourth-order valence-electron chi connectivity index (χ4n) is 2.94. The average Bonchev–Trinajstić information content (AvgIpc) is 2.63. The van der Waals surface area contributed by atoms with Gasteiger partial charge in [-0.3, -0.25) is 4.79 Å². The van der Waals surface area contributed by atoms with Gasteiger partial charge in [0.2, 0.25) is 0 Å². The number of carbonyl (C=O) groups is 1. The molecule has 0 saturated carbocycles. The van der Waals surface area contributed by atoms with Gasteiger partial charge in [0.25, 0.3) is 0 Å². The van der Waals surface area contributed by atoms with Crippen molar-refractivity contribution in [3.8, 4) is 16.9 Å². The average molecular weight is 366 g/mol. The second-order valence-corrected chi connectivity index (χ2v) is 6.95. The van der Waals surface area contributed by atoms with Crippen LogP contribution in [-0.4, -0.2) is 5.62 Å². The van der Waals surface area contributed by atoms with Crippen molar-refractivity contribution in [1.82, 2.24) is 0 Å². The van der Waals surface area contributed by atoms with Gasteiger partial charge in [0.05, 0.1) is 0 Å². The first-order chi connectivity index (χ1) is 12.6. The predicted molar refractivity (Wildman–Crippen MR) is 105 cm³/mol. The third-order valence-corrected chi connectivity index (χ3v) is 4.86. The summed E-state index contributed by atoms with van der Waals surface area (Å²) in [5.41, 5.74) is 5.72. The van der Waals surface area contributed by atoms with Gasteiger partial charge in [-0.25, -0.2) is 4.39 Å². The number of hydrogen-bond donors (Lipinski definition) is 0. The summed E-state index contributed by atoms with van der Waals surface area (Å²) in [7, 11) is 0. The number of ether oxygens (including phenoxy) is 1. The summed E-state index contributed by atoms with van der Waals surface area (Å²) < 4.78 is 20.0. The monoisotopic (exact) mass is 366 g/mol. The van der Waals surface area contributed by atoms with Gasteiger partial charge in [-0.15, -0.1) is 0 Å². The molecule has 0 heterocycles. The zero-order valence-corrected chi connectivity index (χ0v) is 15.5.